The number of rotatable bonds is 2. The minimum Gasteiger partial charge on any atom is -0.0627 e. The van der Waals surface area contributed by atoms with Crippen molar-refractivity contribution in [2.24, 2.45) is 16.2 Å². The zero-order valence-electron chi connectivity index (χ0n) is 12.0. The zero-order chi connectivity index (χ0) is 12.0. The first kappa shape index (κ1) is 14.2. The minimum atomic E-state index is 0.352. The van der Waals surface area contributed by atoms with E-state index in [4.69, 9.17) is 0 Å². The Labute approximate surface area is 94.3 Å². The molecular formula is C13H30Si. The predicted molar refractivity (Wildman–Crippen MR) is 71.0 cm³/mol. The minimum absolute atomic E-state index is 0.352. The SMILES string of the molecule is CC(C)(C)C(C)(C)C(C)(C)C(C)(C)[SiH3]. The molecule has 86 valence electrons. The summed E-state index contributed by atoms with van der Waals surface area (Å²) in [7, 11) is 1.25. The van der Waals surface area contributed by atoms with E-state index in [1.165, 1.54) is 10.2 Å². The van der Waals surface area contributed by atoms with Gasteiger partial charge < -0.3 is 0 Å². The van der Waals surface area contributed by atoms with E-state index in [0.29, 0.717) is 21.3 Å². The van der Waals surface area contributed by atoms with Gasteiger partial charge in [0.15, 0.2) is 0 Å². The van der Waals surface area contributed by atoms with Crippen molar-refractivity contribution >= 4 is 10.2 Å². The smallest absolute Gasteiger partial charge is 0.0106 e. The first-order valence-electron chi connectivity index (χ1n) is 5.75. The van der Waals surface area contributed by atoms with E-state index in [0.717, 1.165) is 0 Å². The molecule has 0 radical (unpaired) electrons. The second kappa shape index (κ2) is 3.36. The Kier molecular flexibility index (Phi) is 3.42. The van der Waals surface area contributed by atoms with Crippen LogP contribution in [0.25, 0.3) is 0 Å². The van der Waals surface area contributed by atoms with Crippen molar-refractivity contribution in [1.82, 2.24) is 0 Å². The van der Waals surface area contributed by atoms with Crippen LogP contribution >= 0.6 is 0 Å². The molecule has 0 N–H and O–H groups in total. The van der Waals surface area contributed by atoms with Crippen molar-refractivity contribution in [3.05, 3.63) is 0 Å². The lowest BCUT2D eigenvalue weighted by atomic mass is 9.52. The van der Waals surface area contributed by atoms with Crippen LogP contribution in [0.2, 0.25) is 5.04 Å². The molecule has 1 heteroatoms. The van der Waals surface area contributed by atoms with Crippen LogP contribution in [0.3, 0.4) is 0 Å². The third-order valence-corrected chi connectivity index (χ3v) is 6.56. The summed E-state index contributed by atoms with van der Waals surface area (Å²) in [6.07, 6.45) is 0. The number of hydrogen-bond donors (Lipinski definition) is 0. The van der Waals surface area contributed by atoms with Crippen LogP contribution < -0.4 is 0 Å². The highest BCUT2D eigenvalue weighted by atomic mass is 28.1. The monoisotopic (exact) mass is 214 g/mol. The summed E-state index contributed by atoms with van der Waals surface area (Å²) in [4.78, 5) is 0. The Balaban J connectivity index is 5.30. The molecule has 0 aliphatic rings. The number of hydrogen-bond acceptors (Lipinski definition) is 0. The maximum Gasteiger partial charge on any atom is 0.0106 e. The fourth-order valence-electron chi connectivity index (χ4n) is 1.88. The lowest BCUT2D eigenvalue weighted by Gasteiger charge is -2.57. The first-order valence-corrected chi connectivity index (χ1v) is 6.75. The first-order chi connectivity index (χ1) is 5.75. The summed E-state index contributed by atoms with van der Waals surface area (Å²) in [5.41, 5.74) is 1.09. The van der Waals surface area contributed by atoms with Crippen molar-refractivity contribution in [3.63, 3.8) is 0 Å². The fraction of sp³-hybridized carbons (Fsp3) is 1.00. The molecule has 0 saturated carbocycles. The van der Waals surface area contributed by atoms with Crippen LogP contribution in [0.5, 0.6) is 0 Å². The fourth-order valence-corrected chi connectivity index (χ4v) is 2.50. The Morgan fingerprint density at radius 3 is 0.929 bits per heavy atom. The molecule has 0 rings (SSSR count). The topological polar surface area (TPSA) is 0 Å². The summed E-state index contributed by atoms with van der Waals surface area (Å²) in [6, 6.07) is 0. The van der Waals surface area contributed by atoms with Gasteiger partial charge in [0, 0.05) is 10.2 Å². The van der Waals surface area contributed by atoms with Crippen LogP contribution in [0.15, 0.2) is 0 Å². The lowest BCUT2D eigenvalue weighted by molar-refractivity contribution is -0.0322. The van der Waals surface area contributed by atoms with Crippen molar-refractivity contribution in [1.29, 1.82) is 0 Å². The average molecular weight is 214 g/mol. The van der Waals surface area contributed by atoms with Crippen LogP contribution in [0.1, 0.15) is 62.3 Å². The molecule has 14 heavy (non-hydrogen) atoms. The third kappa shape index (κ3) is 2.08. The summed E-state index contributed by atoms with van der Waals surface area (Å²) in [5, 5.41) is 0.476. The standard InChI is InChI=1S/C13H30Si/c1-10(2,3)11(4,5)12(6,7)13(8,9)14/h1-9,14H3. The molecule has 0 atom stereocenters. The van der Waals surface area contributed by atoms with Gasteiger partial charge >= 0.3 is 0 Å². The summed E-state index contributed by atoms with van der Waals surface area (Å²) < 4.78 is 0. The van der Waals surface area contributed by atoms with E-state index in [2.05, 4.69) is 62.3 Å². The maximum atomic E-state index is 2.44. The van der Waals surface area contributed by atoms with Gasteiger partial charge in [-0.05, 0) is 21.3 Å². The van der Waals surface area contributed by atoms with Crippen molar-refractivity contribution in [2.45, 2.75) is 67.4 Å². The molecule has 0 bridgehead atoms. The van der Waals surface area contributed by atoms with E-state index in [-0.39, 0.29) is 0 Å². The molecule has 0 aromatic rings. The van der Waals surface area contributed by atoms with Crippen LogP contribution in [-0.2, 0) is 0 Å². The van der Waals surface area contributed by atoms with Gasteiger partial charge in [0.05, 0.1) is 0 Å². The molecule has 0 nitrogen and oxygen atoms in total. The second-order valence-corrected chi connectivity index (χ2v) is 10.2. The largest absolute Gasteiger partial charge is 0.0627 e. The maximum absolute atomic E-state index is 2.44. The molecule has 0 amide bonds. The van der Waals surface area contributed by atoms with E-state index in [9.17, 15) is 0 Å². The highest BCUT2D eigenvalue weighted by Crippen LogP contribution is 2.60. The van der Waals surface area contributed by atoms with Crippen LogP contribution in [-0.4, -0.2) is 10.2 Å². The van der Waals surface area contributed by atoms with Crippen LogP contribution in [0.4, 0.5) is 0 Å². The molecule has 0 heterocycles. The van der Waals surface area contributed by atoms with Gasteiger partial charge in [-0.1, -0.05) is 62.3 Å². The van der Waals surface area contributed by atoms with Gasteiger partial charge in [-0.3, -0.25) is 0 Å². The highest BCUT2D eigenvalue weighted by molar-refractivity contribution is 6.15. The molecule has 0 aliphatic heterocycles. The summed E-state index contributed by atoms with van der Waals surface area (Å²) >= 11 is 0. The lowest BCUT2D eigenvalue weighted by Crippen LogP contribution is -2.48. The highest BCUT2D eigenvalue weighted by Gasteiger charge is 2.50. The Morgan fingerprint density at radius 2 is 0.857 bits per heavy atom. The summed E-state index contributed by atoms with van der Waals surface area (Å²) in [6.45, 7) is 21.6. The van der Waals surface area contributed by atoms with Crippen molar-refractivity contribution < 1.29 is 0 Å². The predicted octanol–water partition coefficient (Wildman–Crippen LogP) is 3.65. The Bertz CT molecular complexity index is 174. The Morgan fingerprint density at radius 1 is 0.571 bits per heavy atom. The van der Waals surface area contributed by atoms with Gasteiger partial charge in [-0.25, -0.2) is 0 Å². The van der Waals surface area contributed by atoms with Crippen molar-refractivity contribution in [3.8, 4) is 0 Å². The Hall–Kier alpha value is 0.217. The van der Waals surface area contributed by atoms with Crippen molar-refractivity contribution in [2.75, 3.05) is 0 Å². The quantitative estimate of drug-likeness (QED) is 0.616. The normalized spacial score (nSPS) is 16.1. The van der Waals surface area contributed by atoms with E-state index in [1.54, 1.807) is 0 Å². The molecule has 0 aromatic heterocycles. The van der Waals surface area contributed by atoms with E-state index >= 15 is 0 Å². The average Bonchev–Trinajstić information content (AvgIpc) is 1.81. The van der Waals surface area contributed by atoms with Gasteiger partial charge in [0.1, 0.15) is 0 Å². The molecule has 0 fully saturated rings. The molecule has 0 aliphatic carbocycles. The van der Waals surface area contributed by atoms with Gasteiger partial charge in [-0.15, -0.1) is 0 Å². The zero-order valence-corrected chi connectivity index (χ0v) is 14.0. The third-order valence-electron chi connectivity index (χ3n) is 5.31. The molecule has 0 saturated heterocycles. The molecule has 0 spiro atoms. The van der Waals surface area contributed by atoms with Gasteiger partial charge in [0.25, 0.3) is 0 Å². The summed E-state index contributed by atoms with van der Waals surface area (Å²) in [5.74, 6) is 0. The van der Waals surface area contributed by atoms with Gasteiger partial charge in [0.2, 0.25) is 0 Å². The molecule has 0 unspecified atom stereocenters. The second-order valence-electron chi connectivity index (χ2n) is 7.75. The molecule has 0 aromatic carbocycles. The van der Waals surface area contributed by atoms with E-state index < -0.39 is 0 Å². The molecular weight excluding hydrogens is 184 g/mol. The van der Waals surface area contributed by atoms with Gasteiger partial charge in [-0.2, -0.15) is 0 Å². The van der Waals surface area contributed by atoms with Crippen LogP contribution in [0, 0.1) is 16.2 Å². The van der Waals surface area contributed by atoms with E-state index in [1.807, 2.05) is 0 Å².